The van der Waals surface area contributed by atoms with Gasteiger partial charge in [0, 0.05) is 6.92 Å². The Kier molecular flexibility index (Phi) is 4.11. The normalized spacial score (nSPS) is 41.3. The van der Waals surface area contributed by atoms with E-state index >= 15 is 0 Å². The van der Waals surface area contributed by atoms with Gasteiger partial charge in [0.15, 0.2) is 0 Å². The number of aliphatic hydroxyl groups is 1. The Morgan fingerprint density at radius 1 is 1.33 bits per heavy atom. The molecular weight excluding hydrogens is 194 g/mol. The van der Waals surface area contributed by atoms with Crippen molar-refractivity contribution in [3.05, 3.63) is 0 Å². The molecule has 1 heterocycles. The van der Waals surface area contributed by atoms with Gasteiger partial charge in [-0.15, -0.1) is 0 Å². The Morgan fingerprint density at radius 2 is 1.93 bits per heavy atom. The highest BCUT2D eigenvalue weighted by atomic mass is 16.5. The van der Waals surface area contributed by atoms with Gasteiger partial charge in [0.2, 0.25) is 5.91 Å². The van der Waals surface area contributed by atoms with Crippen LogP contribution in [0.3, 0.4) is 0 Å². The third kappa shape index (κ3) is 2.69. The minimum atomic E-state index is -0.111. The maximum atomic E-state index is 11.0. The van der Waals surface area contributed by atoms with Crippen molar-refractivity contribution >= 4 is 5.91 Å². The zero-order valence-electron chi connectivity index (χ0n) is 9.86. The summed E-state index contributed by atoms with van der Waals surface area (Å²) in [6, 6.07) is 0.0419. The molecule has 0 aliphatic carbocycles. The monoisotopic (exact) mass is 215 g/mol. The van der Waals surface area contributed by atoms with Crippen LogP contribution < -0.4 is 5.32 Å². The highest BCUT2D eigenvalue weighted by molar-refractivity contribution is 5.73. The second kappa shape index (κ2) is 4.94. The van der Waals surface area contributed by atoms with Gasteiger partial charge in [-0.05, 0) is 18.8 Å². The quantitative estimate of drug-likeness (QED) is 0.707. The molecule has 1 amide bonds. The lowest BCUT2D eigenvalue weighted by Crippen LogP contribution is -2.56. The molecule has 5 unspecified atom stereocenters. The Balaban J connectivity index is 2.70. The lowest BCUT2D eigenvalue weighted by Gasteiger charge is -2.43. The van der Waals surface area contributed by atoms with E-state index in [0.29, 0.717) is 5.92 Å². The zero-order chi connectivity index (χ0) is 11.6. The summed E-state index contributed by atoms with van der Waals surface area (Å²) in [4.78, 5) is 11.0. The maximum absolute atomic E-state index is 11.0. The van der Waals surface area contributed by atoms with Gasteiger partial charge in [0.05, 0.1) is 24.9 Å². The molecule has 1 rings (SSSR count). The number of rotatable bonds is 2. The number of carbonyl (C=O) groups excluding carboxylic acids is 1. The molecule has 0 radical (unpaired) electrons. The summed E-state index contributed by atoms with van der Waals surface area (Å²) in [5, 5.41) is 12.1. The van der Waals surface area contributed by atoms with E-state index in [-0.39, 0.29) is 36.7 Å². The van der Waals surface area contributed by atoms with Crippen molar-refractivity contribution in [2.24, 2.45) is 11.8 Å². The molecule has 0 aromatic heterocycles. The van der Waals surface area contributed by atoms with Gasteiger partial charge in [-0.1, -0.05) is 13.8 Å². The molecule has 2 N–H and O–H groups in total. The summed E-state index contributed by atoms with van der Waals surface area (Å²) in [7, 11) is 0. The molecule has 4 nitrogen and oxygen atoms in total. The van der Waals surface area contributed by atoms with E-state index < -0.39 is 0 Å². The number of nitrogens with one attached hydrogen (secondary N) is 1. The second-order valence-corrected chi connectivity index (χ2v) is 4.51. The van der Waals surface area contributed by atoms with E-state index in [1.807, 2.05) is 13.8 Å². The number of aliphatic hydroxyl groups excluding tert-OH is 1. The second-order valence-electron chi connectivity index (χ2n) is 4.51. The number of hydrogen-bond acceptors (Lipinski definition) is 3. The summed E-state index contributed by atoms with van der Waals surface area (Å²) in [5.41, 5.74) is 0. The standard InChI is InChI=1S/C11H21NO3/c1-6-7(2)11(12-9(4)14)8(3)15-10(6)5-13/h6-8,10-11,13H,5H2,1-4H3,(H,12,14). The fourth-order valence-corrected chi connectivity index (χ4v) is 2.27. The number of carbonyl (C=O) groups is 1. The summed E-state index contributed by atoms with van der Waals surface area (Å²) < 4.78 is 5.67. The van der Waals surface area contributed by atoms with Crippen molar-refractivity contribution in [2.45, 2.75) is 45.9 Å². The highest BCUT2D eigenvalue weighted by Gasteiger charge is 2.39. The van der Waals surface area contributed by atoms with Crippen molar-refractivity contribution in [3.63, 3.8) is 0 Å². The molecule has 0 aromatic carbocycles. The number of hydrogen-bond donors (Lipinski definition) is 2. The van der Waals surface area contributed by atoms with Crippen LogP contribution in [-0.4, -0.2) is 35.9 Å². The molecule has 0 spiro atoms. The zero-order valence-corrected chi connectivity index (χ0v) is 9.86. The van der Waals surface area contributed by atoms with Crippen LogP contribution in [-0.2, 0) is 9.53 Å². The van der Waals surface area contributed by atoms with E-state index in [1.165, 1.54) is 6.92 Å². The molecule has 4 heteroatoms. The first kappa shape index (κ1) is 12.5. The Labute approximate surface area is 91.0 Å². The van der Waals surface area contributed by atoms with Crippen molar-refractivity contribution in [3.8, 4) is 0 Å². The van der Waals surface area contributed by atoms with Crippen LogP contribution in [0.2, 0.25) is 0 Å². The van der Waals surface area contributed by atoms with E-state index in [4.69, 9.17) is 9.84 Å². The summed E-state index contributed by atoms with van der Waals surface area (Å²) in [6.45, 7) is 7.63. The van der Waals surface area contributed by atoms with Crippen molar-refractivity contribution in [1.29, 1.82) is 0 Å². The van der Waals surface area contributed by atoms with Crippen LogP contribution >= 0.6 is 0 Å². The molecule has 1 aliphatic heterocycles. The molecular formula is C11H21NO3. The lowest BCUT2D eigenvalue weighted by atomic mass is 9.80. The molecule has 5 atom stereocenters. The van der Waals surface area contributed by atoms with Gasteiger partial charge < -0.3 is 15.2 Å². The molecule has 0 aromatic rings. The third-order valence-corrected chi connectivity index (χ3v) is 3.43. The van der Waals surface area contributed by atoms with Gasteiger partial charge in [-0.2, -0.15) is 0 Å². The molecule has 15 heavy (non-hydrogen) atoms. The Morgan fingerprint density at radius 3 is 2.40 bits per heavy atom. The van der Waals surface area contributed by atoms with Gasteiger partial charge in [-0.25, -0.2) is 0 Å². The molecule has 1 fully saturated rings. The molecule has 1 saturated heterocycles. The number of amides is 1. The predicted octanol–water partition coefficient (Wildman–Crippen LogP) is 0.543. The largest absolute Gasteiger partial charge is 0.394 e. The first-order chi connectivity index (χ1) is 6.97. The van der Waals surface area contributed by atoms with E-state index in [1.54, 1.807) is 0 Å². The first-order valence-electron chi connectivity index (χ1n) is 5.50. The van der Waals surface area contributed by atoms with Crippen LogP contribution in [0.4, 0.5) is 0 Å². The molecule has 1 aliphatic rings. The SMILES string of the molecule is CC(=O)NC1C(C)OC(CO)C(C)C1C. The minimum absolute atomic E-state index is 0.0306. The van der Waals surface area contributed by atoms with Crippen LogP contribution in [0, 0.1) is 11.8 Å². The highest BCUT2D eigenvalue weighted by Crippen LogP contribution is 2.30. The van der Waals surface area contributed by atoms with Crippen LogP contribution in [0.15, 0.2) is 0 Å². The van der Waals surface area contributed by atoms with Crippen molar-refractivity contribution in [1.82, 2.24) is 5.32 Å². The van der Waals surface area contributed by atoms with Gasteiger partial charge in [0.25, 0.3) is 0 Å². The third-order valence-electron chi connectivity index (χ3n) is 3.43. The van der Waals surface area contributed by atoms with Gasteiger partial charge in [0.1, 0.15) is 0 Å². The fraction of sp³-hybridized carbons (Fsp3) is 0.909. The van der Waals surface area contributed by atoms with E-state index in [0.717, 1.165) is 0 Å². The van der Waals surface area contributed by atoms with Crippen molar-refractivity contribution < 1.29 is 14.6 Å². The van der Waals surface area contributed by atoms with E-state index in [9.17, 15) is 4.79 Å². The average molecular weight is 215 g/mol. The minimum Gasteiger partial charge on any atom is -0.394 e. The van der Waals surface area contributed by atoms with E-state index in [2.05, 4.69) is 12.2 Å². The van der Waals surface area contributed by atoms with Gasteiger partial charge >= 0.3 is 0 Å². The first-order valence-corrected chi connectivity index (χ1v) is 5.50. The van der Waals surface area contributed by atoms with Crippen LogP contribution in [0.1, 0.15) is 27.7 Å². The summed E-state index contributed by atoms with van der Waals surface area (Å²) in [5.74, 6) is 0.537. The summed E-state index contributed by atoms with van der Waals surface area (Å²) in [6.07, 6.45) is -0.155. The topological polar surface area (TPSA) is 58.6 Å². The fourth-order valence-electron chi connectivity index (χ4n) is 2.27. The molecule has 88 valence electrons. The smallest absolute Gasteiger partial charge is 0.217 e. The summed E-state index contributed by atoms with van der Waals surface area (Å²) >= 11 is 0. The van der Waals surface area contributed by atoms with Crippen LogP contribution in [0.25, 0.3) is 0 Å². The number of ether oxygens (including phenoxy) is 1. The molecule has 0 saturated carbocycles. The van der Waals surface area contributed by atoms with Crippen LogP contribution in [0.5, 0.6) is 0 Å². The van der Waals surface area contributed by atoms with Crippen molar-refractivity contribution in [2.75, 3.05) is 6.61 Å². The maximum Gasteiger partial charge on any atom is 0.217 e. The molecule has 0 bridgehead atoms. The average Bonchev–Trinajstić information content (AvgIpc) is 2.18. The van der Waals surface area contributed by atoms with Gasteiger partial charge in [-0.3, -0.25) is 4.79 Å². The Bertz CT molecular complexity index is 232. The predicted molar refractivity (Wildman–Crippen MR) is 57.4 cm³/mol. The lowest BCUT2D eigenvalue weighted by molar-refractivity contribution is -0.140. The Hall–Kier alpha value is -0.610.